The summed E-state index contributed by atoms with van der Waals surface area (Å²) < 4.78 is 0. The molecule has 0 aromatic heterocycles. The molecule has 0 heterocycles. The minimum atomic E-state index is -1.16. The molecular formula is C28H59NO2. The van der Waals surface area contributed by atoms with Gasteiger partial charge in [-0.2, -0.15) is 0 Å². The highest BCUT2D eigenvalue weighted by molar-refractivity contribution is 4.59. The normalized spacial score (nSPS) is 11.8. The van der Waals surface area contributed by atoms with Crippen molar-refractivity contribution in [1.82, 2.24) is 4.90 Å². The summed E-state index contributed by atoms with van der Waals surface area (Å²) in [5.74, 6) is 0. The van der Waals surface area contributed by atoms with Crippen molar-refractivity contribution in [2.75, 3.05) is 19.6 Å². The number of rotatable bonds is 26. The van der Waals surface area contributed by atoms with Crippen LogP contribution in [0.25, 0.3) is 0 Å². The summed E-state index contributed by atoms with van der Waals surface area (Å²) in [4.78, 5) is 2.38. The van der Waals surface area contributed by atoms with Crippen molar-refractivity contribution < 1.29 is 10.2 Å². The van der Waals surface area contributed by atoms with Crippen LogP contribution in [0.15, 0.2) is 0 Å². The Hall–Kier alpha value is -0.120. The minimum Gasteiger partial charge on any atom is -0.368 e. The van der Waals surface area contributed by atoms with Gasteiger partial charge in [0.15, 0.2) is 6.29 Å². The van der Waals surface area contributed by atoms with Gasteiger partial charge in [-0.25, -0.2) is 0 Å². The molecule has 0 rings (SSSR count). The molecule has 0 atom stereocenters. The van der Waals surface area contributed by atoms with Crippen LogP contribution in [-0.2, 0) is 0 Å². The van der Waals surface area contributed by atoms with Crippen molar-refractivity contribution in [2.24, 2.45) is 0 Å². The van der Waals surface area contributed by atoms with Gasteiger partial charge in [-0.05, 0) is 25.9 Å². The molecule has 188 valence electrons. The van der Waals surface area contributed by atoms with Gasteiger partial charge in [-0.3, -0.25) is 0 Å². The monoisotopic (exact) mass is 441 g/mol. The largest absolute Gasteiger partial charge is 0.368 e. The third kappa shape index (κ3) is 26.0. The van der Waals surface area contributed by atoms with Gasteiger partial charge in [-0.1, -0.05) is 136 Å². The van der Waals surface area contributed by atoms with Crippen molar-refractivity contribution in [3.05, 3.63) is 0 Å². The van der Waals surface area contributed by atoms with Gasteiger partial charge in [-0.15, -0.1) is 0 Å². The summed E-state index contributed by atoms with van der Waals surface area (Å²) in [6, 6.07) is 0. The Kier molecular flexibility index (Phi) is 26.0. The van der Waals surface area contributed by atoms with E-state index in [-0.39, 0.29) is 0 Å². The molecule has 0 saturated carbocycles. The van der Waals surface area contributed by atoms with E-state index in [1.165, 1.54) is 128 Å². The maximum absolute atomic E-state index is 9.04. The SMILES string of the molecule is CCCCCCCCCCCCCCCCCCCCCCN(CCC)CCC(O)O. The first-order valence-electron chi connectivity index (χ1n) is 14.3. The van der Waals surface area contributed by atoms with E-state index in [1.54, 1.807) is 0 Å². The van der Waals surface area contributed by atoms with Gasteiger partial charge in [0.05, 0.1) is 0 Å². The molecule has 31 heavy (non-hydrogen) atoms. The maximum atomic E-state index is 9.04. The molecule has 0 bridgehead atoms. The summed E-state index contributed by atoms with van der Waals surface area (Å²) in [5, 5.41) is 18.1. The Morgan fingerprint density at radius 2 is 0.774 bits per heavy atom. The third-order valence-electron chi connectivity index (χ3n) is 6.57. The Morgan fingerprint density at radius 1 is 0.419 bits per heavy atom. The highest BCUT2D eigenvalue weighted by Crippen LogP contribution is 2.15. The van der Waals surface area contributed by atoms with E-state index in [9.17, 15) is 0 Å². The number of aliphatic hydroxyl groups excluding tert-OH is 1. The fraction of sp³-hybridized carbons (Fsp3) is 1.00. The highest BCUT2D eigenvalue weighted by Gasteiger charge is 2.06. The van der Waals surface area contributed by atoms with Crippen LogP contribution in [0.5, 0.6) is 0 Å². The standard InChI is InChI=1S/C28H59NO2/c1-3-5-6-7-8-9-10-11-12-13-14-15-16-17-18-19-20-21-22-23-26-29(25-4-2)27-24-28(30)31/h28,30-31H,3-27H2,1-2H3. The van der Waals surface area contributed by atoms with E-state index in [0.717, 1.165) is 26.1 Å². The molecule has 0 radical (unpaired) electrons. The van der Waals surface area contributed by atoms with Crippen LogP contribution < -0.4 is 0 Å². The Balaban J connectivity index is 3.21. The molecule has 3 heteroatoms. The van der Waals surface area contributed by atoms with E-state index in [1.807, 2.05) is 0 Å². The fourth-order valence-corrected chi connectivity index (χ4v) is 4.54. The first kappa shape index (κ1) is 30.9. The lowest BCUT2D eigenvalue weighted by atomic mass is 10.0. The van der Waals surface area contributed by atoms with Crippen molar-refractivity contribution in [2.45, 2.75) is 161 Å². The van der Waals surface area contributed by atoms with Crippen LogP contribution in [-0.4, -0.2) is 41.0 Å². The first-order valence-corrected chi connectivity index (χ1v) is 14.3. The van der Waals surface area contributed by atoms with Crippen LogP contribution in [0.2, 0.25) is 0 Å². The van der Waals surface area contributed by atoms with Crippen LogP contribution in [0.4, 0.5) is 0 Å². The van der Waals surface area contributed by atoms with Crippen LogP contribution in [0.1, 0.15) is 155 Å². The molecule has 0 aliphatic carbocycles. The van der Waals surface area contributed by atoms with Gasteiger partial charge in [0, 0.05) is 13.0 Å². The third-order valence-corrected chi connectivity index (χ3v) is 6.57. The van der Waals surface area contributed by atoms with E-state index >= 15 is 0 Å². The maximum Gasteiger partial charge on any atom is 0.152 e. The second-order valence-electron chi connectivity index (χ2n) is 9.83. The zero-order valence-corrected chi connectivity index (χ0v) is 21.6. The quantitative estimate of drug-likeness (QED) is 0.105. The van der Waals surface area contributed by atoms with Crippen LogP contribution >= 0.6 is 0 Å². The summed E-state index contributed by atoms with van der Waals surface area (Å²) >= 11 is 0. The molecule has 0 aliphatic heterocycles. The molecule has 2 N–H and O–H groups in total. The van der Waals surface area contributed by atoms with E-state index in [0.29, 0.717) is 6.42 Å². The van der Waals surface area contributed by atoms with Crippen molar-refractivity contribution in [1.29, 1.82) is 0 Å². The lowest BCUT2D eigenvalue weighted by Crippen LogP contribution is -2.29. The number of unbranched alkanes of at least 4 members (excludes halogenated alkanes) is 19. The lowest BCUT2D eigenvalue weighted by Gasteiger charge is -2.22. The summed E-state index contributed by atoms with van der Waals surface area (Å²) in [6.45, 7) is 7.48. The molecular weight excluding hydrogens is 382 g/mol. The van der Waals surface area contributed by atoms with Gasteiger partial charge in [0.2, 0.25) is 0 Å². The zero-order valence-electron chi connectivity index (χ0n) is 21.6. The van der Waals surface area contributed by atoms with E-state index < -0.39 is 6.29 Å². The Bertz CT molecular complexity index is 322. The smallest absolute Gasteiger partial charge is 0.152 e. The zero-order chi connectivity index (χ0) is 22.8. The summed E-state index contributed by atoms with van der Waals surface area (Å²) in [5.41, 5.74) is 0. The number of hydrogen-bond acceptors (Lipinski definition) is 3. The Morgan fingerprint density at radius 3 is 1.10 bits per heavy atom. The van der Waals surface area contributed by atoms with Gasteiger partial charge in [0.1, 0.15) is 0 Å². The fourth-order valence-electron chi connectivity index (χ4n) is 4.54. The predicted molar refractivity (Wildman–Crippen MR) is 138 cm³/mol. The second kappa shape index (κ2) is 26.1. The average molecular weight is 442 g/mol. The summed E-state index contributed by atoms with van der Waals surface area (Å²) in [6.07, 6.45) is 28.9. The molecule has 0 saturated heterocycles. The number of aliphatic hydroxyl groups is 2. The topological polar surface area (TPSA) is 43.7 Å². The molecule has 3 nitrogen and oxygen atoms in total. The van der Waals surface area contributed by atoms with E-state index in [2.05, 4.69) is 18.7 Å². The lowest BCUT2D eigenvalue weighted by molar-refractivity contribution is -0.0503. The van der Waals surface area contributed by atoms with Gasteiger partial charge in [0.25, 0.3) is 0 Å². The van der Waals surface area contributed by atoms with E-state index in [4.69, 9.17) is 10.2 Å². The van der Waals surface area contributed by atoms with Crippen LogP contribution in [0.3, 0.4) is 0 Å². The molecule has 0 amide bonds. The molecule has 0 fully saturated rings. The number of hydrogen-bond donors (Lipinski definition) is 2. The van der Waals surface area contributed by atoms with Crippen molar-refractivity contribution in [3.63, 3.8) is 0 Å². The van der Waals surface area contributed by atoms with Gasteiger partial charge < -0.3 is 15.1 Å². The number of nitrogens with zero attached hydrogens (tertiary/aromatic N) is 1. The average Bonchev–Trinajstić information content (AvgIpc) is 2.76. The van der Waals surface area contributed by atoms with Gasteiger partial charge >= 0.3 is 0 Å². The molecule has 0 aromatic carbocycles. The molecule has 0 unspecified atom stereocenters. The predicted octanol–water partition coefficient (Wildman–Crippen LogP) is 8.22. The van der Waals surface area contributed by atoms with Crippen LogP contribution in [0, 0.1) is 0 Å². The molecule has 0 aromatic rings. The van der Waals surface area contributed by atoms with Crippen molar-refractivity contribution in [3.8, 4) is 0 Å². The second-order valence-corrected chi connectivity index (χ2v) is 9.83. The molecule has 0 aliphatic rings. The van der Waals surface area contributed by atoms with Crippen molar-refractivity contribution >= 4 is 0 Å². The molecule has 0 spiro atoms. The Labute approximate surface area is 196 Å². The summed E-state index contributed by atoms with van der Waals surface area (Å²) in [7, 11) is 0. The minimum absolute atomic E-state index is 0.471. The highest BCUT2D eigenvalue weighted by atomic mass is 16.5. The first-order chi connectivity index (χ1) is 15.2.